The Kier molecular flexibility index (Phi) is 3.39. The summed E-state index contributed by atoms with van der Waals surface area (Å²) in [5.41, 5.74) is 3.67. The van der Waals surface area contributed by atoms with Gasteiger partial charge in [0.1, 0.15) is 5.54 Å². The maximum absolute atomic E-state index is 13.0. The highest BCUT2D eigenvalue weighted by atomic mass is 19.4. The molecule has 4 heteroatoms. The Morgan fingerprint density at radius 3 is 2.20 bits per heavy atom. The van der Waals surface area contributed by atoms with Crippen molar-refractivity contribution in [3.8, 4) is 0 Å². The minimum atomic E-state index is -4.28. The fourth-order valence-corrected chi connectivity index (χ4v) is 2.81. The van der Waals surface area contributed by atoms with E-state index < -0.39 is 17.6 Å². The second-order valence-corrected chi connectivity index (χ2v) is 5.28. The summed E-state index contributed by atoms with van der Waals surface area (Å²) < 4.78 is 39.0. The van der Waals surface area contributed by atoms with Crippen LogP contribution in [-0.2, 0) is 0 Å². The van der Waals surface area contributed by atoms with E-state index >= 15 is 0 Å². The van der Waals surface area contributed by atoms with E-state index in [4.69, 9.17) is 5.73 Å². The lowest BCUT2D eigenvalue weighted by Crippen LogP contribution is -2.62. The van der Waals surface area contributed by atoms with Crippen LogP contribution in [0.3, 0.4) is 0 Å². The summed E-state index contributed by atoms with van der Waals surface area (Å²) in [4.78, 5) is 0. The molecule has 0 aromatic heterocycles. The third-order valence-electron chi connectivity index (χ3n) is 3.65. The van der Waals surface area contributed by atoms with E-state index in [-0.39, 0.29) is 18.3 Å². The first-order valence-electron chi connectivity index (χ1n) is 5.54. The fraction of sp³-hybridized carbons (Fsp3) is 1.00. The standard InChI is InChI=1S/C11H20F3N/c1-7(2)9-5-4-8(3)6-10(9,15)11(12,13)14/h7-9H,4-6,15H2,1-3H3. The van der Waals surface area contributed by atoms with Crippen LogP contribution in [0.15, 0.2) is 0 Å². The summed E-state index contributed by atoms with van der Waals surface area (Å²) in [5.74, 6) is -0.371. The van der Waals surface area contributed by atoms with Crippen LogP contribution < -0.4 is 5.73 Å². The van der Waals surface area contributed by atoms with Crippen molar-refractivity contribution in [3.63, 3.8) is 0 Å². The van der Waals surface area contributed by atoms with Gasteiger partial charge in [-0.25, -0.2) is 0 Å². The number of hydrogen-bond donors (Lipinski definition) is 1. The molecule has 1 aliphatic carbocycles. The molecule has 1 nitrogen and oxygen atoms in total. The quantitative estimate of drug-likeness (QED) is 0.725. The van der Waals surface area contributed by atoms with E-state index in [0.29, 0.717) is 6.42 Å². The summed E-state index contributed by atoms with van der Waals surface area (Å²) >= 11 is 0. The van der Waals surface area contributed by atoms with Gasteiger partial charge in [0, 0.05) is 0 Å². The third-order valence-corrected chi connectivity index (χ3v) is 3.65. The second kappa shape index (κ2) is 3.96. The van der Waals surface area contributed by atoms with Gasteiger partial charge < -0.3 is 5.73 Å². The Morgan fingerprint density at radius 2 is 1.80 bits per heavy atom. The molecule has 0 amide bonds. The van der Waals surface area contributed by atoms with Crippen molar-refractivity contribution in [1.29, 1.82) is 0 Å². The molecule has 0 aromatic rings. The van der Waals surface area contributed by atoms with Gasteiger partial charge in [-0.3, -0.25) is 0 Å². The molecule has 0 spiro atoms. The van der Waals surface area contributed by atoms with Crippen LogP contribution in [0.2, 0.25) is 0 Å². The summed E-state index contributed by atoms with van der Waals surface area (Å²) in [5, 5.41) is 0. The Hall–Kier alpha value is -0.250. The van der Waals surface area contributed by atoms with E-state index in [9.17, 15) is 13.2 Å². The lowest BCUT2D eigenvalue weighted by atomic mass is 9.65. The molecule has 15 heavy (non-hydrogen) atoms. The molecule has 1 rings (SSSR count). The van der Waals surface area contributed by atoms with Gasteiger partial charge in [0.2, 0.25) is 0 Å². The molecular weight excluding hydrogens is 203 g/mol. The molecule has 3 unspecified atom stereocenters. The van der Waals surface area contributed by atoms with Crippen LogP contribution in [0.25, 0.3) is 0 Å². The molecule has 0 radical (unpaired) electrons. The molecule has 1 saturated carbocycles. The summed E-state index contributed by atoms with van der Waals surface area (Å²) in [7, 11) is 0. The van der Waals surface area contributed by atoms with Gasteiger partial charge >= 0.3 is 6.18 Å². The van der Waals surface area contributed by atoms with Crippen molar-refractivity contribution in [2.75, 3.05) is 0 Å². The highest BCUT2D eigenvalue weighted by Gasteiger charge is 2.58. The minimum absolute atomic E-state index is 0.0101. The predicted octanol–water partition coefficient (Wildman–Crippen LogP) is 3.34. The number of nitrogens with two attached hydrogens (primary N) is 1. The van der Waals surface area contributed by atoms with Gasteiger partial charge in [-0.15, -0.1) is 0 Å². The Labute approximate surface area is 89.2 Å². The van der Waals surface area contributed by atoms with Gasteiger partial charge in [0.25, 0.3) is 0 Å². The largest absolute Gasteiger partial charge is 0.406 e. The summed E-state index contributed by atoms with van der Waals surface area (Å²) in [6, 6.07) is 0. The van der Waals surface area contributed by atoms with Crippen molar-refractivity contribution < 1.29 is 13.2 Å². The molecule has 0 aromatic carbocycles. The van der Waals surface area contributed by atoms with E-state index in [1.54, 1.807) is 0 Å². The average Bonchev–Trinajstić information content (AvgIpc) is 2.00. The van der Waals surface area contributed by atoms with Gasteiger partial charge in [-0.1, -0.05) is 27.2 Å². The summed E-state index contributed by atoms with van der Waals surface area (Å²) in [6.45, 7) is 5.51. The van der Waals surface area contributed by atoms with E-state index in [2.05, 4.69) is 0 Å². The van der Waals surface area contributed by atoms with Gasteiger partial charge in [-0.05, 0) is 30.6 Å². The molecule has 3 atom stereocenters. The van der Waals surface area contributed by atoms with Crippen LogP contribution in [0.1, 0.15) is 40.0 Å². The first kappa shape index (κ1) is 12.8. The summed E-state index contributed by atoms with van der Waals surface area (Å²) in [6.07, 6.45) is -2.76. The molecule has 0 bridgehead atoms. The van der Waals surface area contributed by atoms with Crippen molar-refractivity contribution in [2.24, 2.45) is 23.5 Å². The molecule has 2 N–H and O–H groups in total. The van der Waals surface area contributed by atoms with E-state index in [0.717, 1.165) is 6.42 Å². The molecule has 90 valence electrons. The number of alkyl halides is 3. The lowest BCUT2D eigenvalue weighted by Gasteiger charge is -2.46. The Bertz CT molecular complexity index is 224. The number of hydrogen-bond acceptors (Lipinski definition) is 1. The third kappa shape index (κ3) is 2.30. The van der Waals surface area contributed by atoms with Gasteiger partial charge in [0.15, 0.2) is 0 Å². The van der Waals surface area contributed by atoms with Crippen LogP contribution in [-0.4, -0.2) is 11.7 Å². The van der Waals surface area contributed by atoms with Crippen molar-refractivity contribution >= 4 is 0 Å². The molecule has 0 saturated heterocycles. The molecule has 0 heterocycles. The van der Waals surface area contributed by atoms with Crippen molar-refractivity contribution in [1.82, 2.24) is 0 Å². The van der Waals surface area contributed by atoms with Gasteiger partial charge in [0.05, 0.1) is 0 Å². The highest BCUT2D eigenvalue weighted by molar-refractivity contribution is 5.02. The highest BCUT2D eigenvalue weighted by Crippen LogP contribution is 2.47. The minimum Gasteiger partial charge on any atom is -0.317 e. The number of rotatable bonds is 1. The fourth-order valence-electron chi connectivity index (χ4n) is 2.81. The average molecular weight is 223 g/mol. The maximum Gasteiger partial charge on any atom is 0.406 e. The Balaban J connectivity index is 2.97. The maximum atomic E-state index is 13.0. The van der Waals surface area contributed by atoms with Crippen LogP contribution in [0.4, 0.5) is 13.2 Å². The number of halogens is 3. The Morgan fingerprint density at radius 1 is 1.27 bits per heavy atom. The van der Waals surface area contributed by atoms with Gasteiger partial charge in [-0.2, -0.15) is 13.2 Å². The SMILES string of the molecule is CC1CCC(C(C)C)C(N)(C(F)(F)F)C1. The molecule has 1 fully saturated rings. The zero-order chi connectivity index (χ0) is 11.9. The zero-order valence-corrected chi connectivity index (χ0v) is 9.56. The van der Waals surface area contributed by atoms with Crippen LogP contribution in [0, 0.1) is 17.8 Å². The molecule has 1 aliphatic rings. The second-order valence-electron chi connectivity index (χ2n) is 5.28. The molecule has 0 aliphatic heterocycles. The van der Waals surface area contributed by atoms with E-state index in [1.807, 2.05) is 20.8 Å². The topological polar surface area (TPSA) is 26.0 Å². The van der Waals surface area contributed by atoms with Crippen molar-refractivity contribution in [2.45, 2.75) is 51.7 Å². The first-order chi connectivity index (χ1) is 6.68. The predicted molar refractivity (Wildman–Crippen MR) is 54.3 cm³/mol. The van der Waals surface area contributed by atoms with Crippen LogP contribution in [0.5, 0.6) is 0 Å². The normalized spacial score (nSPS) is 38.4. The van der Waals surface area contributed by atoms with Crippen molar-refractivity contribution in [3.05, 3.63) is 0 Å². The lowest BCUT2D eigenvalue weighted by molar-refractivity contribution is -0.217. The van der Waals surface area contributed by atoms with Crippen LogP contribution >= 0.6 is 0 Å². The first-order valence-corrected chi connectivity index (χ1v) is 5.54. The zero-order valence-electron chi connectivity index (χ0n) is 9.56. The monoisotopic (exact) mass is 223 g/mol. The molecular formula is C11H20F3N. The van der Waals surface area contributed by atoms with E-state index in [1.165, 1.54) is 0 Å². The smallest absolute Gasteiger partial charge is 0.317 e.